The zero-order chi connectivity index (χ0) is 26.7. The van der Waals surface area contributed by atoms with Gasteiger partial charge < -0.3 is 28.8 Å². The largest absolute Gasteiger partial charge is 0.493 e. The lowest BCUT2D eigenvalue weighted by atomic mass is 9.93. The smallest absolute Gasteiger partial charge is 0.338 e. The minimum atomic E-state index is -0.694. The van der Waals surface area contributed by atoms with Crippen molar-refractivity contribution in [1.29, 1.82) is 0 Å². The second-order valence-electron chi connectivity index (χ2n) is 9.54. The molecule has 2 aromatic rings. The lowest BCUT2D eigenvalue weighted by Crippen LogP contribution is -2.39. The highest BCUT2D eigenvalue weighted by atomic mass is 32.2. The quantitative estimate of drug-likeness (QED) is 0.485. The standard InChI is InChI=1S/C27H31N3O6S/c1-16-23(25(32)36-27(2,3)4)24(17-9-10-20(33-5)21(12-17)34-6)30-18(15-37-26(30)29-16)13-22(31)28-14-19-8-7-11-35-19/h7-12,15,24H,13-14H2,1-6H3,(H,28,31)/t24-/m1/s1. The van der Waals surface area contributed by atoms with Crippen LogP contribution in [0.2, 0.25) is 0 Å². The molecule has 2 aliphatic heterocycles. The van der Waals surface area contributed by atoms with Crippen LogP contribution in [0.25, 0.3) is 0 Å². The van der Waals surface area contributed by atoms with Crippen LogP contribution in [0.15, 0.2) is 68.4 Å². The van der Waals surface area contributed by atoms with E-state index >= 15 is 0 Å². The Kier molecular flexibility index (Phi) is 7.68. The first kappa shape index (κ1) is 26.4. The molecule has 0 unspecified atom stereocenters. The second-order valence-corrected chi connectivity index (χ2v) is 10.4. The maximum absolute atomic E-state index is 13.5. The molecule has 0 fully saturated rings. The minimum absolute atomic E-state index is 0.0944. The molecule has 1 aromatic carbocycles. The number of amidine groups is 1. The molecule has 0 aliphatic carbocycles. The van der Waals surface area contributed by atoms with Gasteiger partial charge in [0.15, 0.2) is 16.7 Å². The van der Waals surface area contributed by atoms with Gasteiger partial charge >= 0.3 is 5.97 Å². The van der Waals surface area contributed by atoms with Gasteiger partial charge in [0, 0.05) is 5.70 Å². The number of carbonyl (C=O) groups excluding carboxylic acids is 2. The van der Waals surface area contributed by atoms with E-state index in [1.54, 1.807) is 45.6 Å². The summed E-state index contributed by atoms with van der Waals surface area (Å²) in [6.07, 6.45) is 1.66. The molecule has 37 heavy (non-hydrogen) atoms. The number of carbonyl (C=O) groups is 2. The first-order chi connectivity index (χ1) is 17.6. The van der Waals surface area contributed by atoms with Crippen LogP contribution in [-0.4, -0.2) is 41.8 Å². The van der Waals surface area contributed by atoms with Crippen LogP contribution in [0.4, 0.5) is 0 Å². The Morgan fingerprint density at radius 2 is 1.92 bits per heavy atom. The summed E-state index contributed by atoms with van der Waals surface area (Å²) in [5, 5.41) is 5.45. The monoisotopic (exact) mass is 525 g/mol. The Labute approximate surface area is 220 Å². The van der Waals surface area contributed by atoms with Crippen LogP contribution >= 0.6 is 11.8 Å². The summed E-state index contributed by atoms with van der Waals surface area (Å²) < 4.78 is 22.0. The van der Waals surface area contributed by atoms with Crippen molar-refractivity contribution in [3.8, 4) is 11.5 Å². The number of rotatable bonds is 8. The SMILES string of the molecule is COc1ccc([C@@H]2C(C(=O)OC(C)(C)C)=C(C)N=C3SC=C(CC(=O)NCc4ccco4)N32)cc1OC. The van der Waals surface area contributed by atoms with Crippen molar-refractivity contribution in [2.24, 2.45) is 4.99 Å². The van der Waals surface area contributed by atoms with Crippen LogP contribution in [0.3, 0.4) is 0 Å². The number of amides is 1. The summed E-state index contributed by atoms with van der Waals surface area (Å²) in [7, 11) is 3.13. The van der Waals surface area contributed by atoms with E-state index < -0.39 is 17.6 Å². The van der Waals surface area contributed by atoms with Gasteiger partial charge in [0.05, 0.1) is 50.8 Å². The molecular weight excluding hydrogens is 494 g/mol. The van der Waals surface area contributed by atoms with Crippen molar-refractivity contribution in [2.45, 2.75) is 52.3 Å². The number of nitrogens with one attached hydrogen (secondary N) is 1. The third kappa shape index (κ3) is 5.85. The fourth-order valence-corrected chi connectivity index (χ4v) is 5.09. The molecule has 1 atom stereocenters. The van der Waals surface area contributed by atoms with Crippen molar-refractivity contribution >= 4 is 28.8 Å². The number of nitrogens with zero attached hydrogens (tertiary/aromatic N) is 2. The molecule has 2 aliphatic rings. The fraction of sp³-hybridized carbons (Fsp3) is 0.370. The van der Waals surface area contributed by atoms with E-state index in [0.29, 0.717) is 39.4 Å². The van der Waals surface area contributed by atoms with Gasteiger partial charge in [-0.25, -0.2) is 9.79 Å². The lowest BCUT2D eigenvalue weighted by Gasteiger charge is -2.37. The molecule has 0 spiro atoms. The molecule has 10 heteroatoms. The molecule has 3 heterocycles. The van der Waals surface area contributed by atoms with Gasteiger partial charge in [0.25, 0.3) is 0 Å². The first-order valence-corrected chi connectivity index (χ1v) is 12.7. The topological polar surface area (TPSA) is 103 Å². The Balaban J connectivity index is 1.70. The van der Waals surface area contributed by atoms with Crippen LogP contribution in [0.1, 0.15) is 51.5 Å². The Bertz CT molecular complexity index is 1270. The number of methoxy groups -OCH3 is 2. The maximum Gasteiger partial charge on any atom is 0.338 e. The van der Waals surface area contributed by atoms with Crippen molar-refractivity contribution < 1.29 is 28.2 Å². The van der Waals surface area contributed by atoms with E-state index in [1.807, 2.05) is 43.2 Å². The van der Waals surface area contributed by atoms with Gasteiger partial charge in [0.1, 0.15) is 11.4 Å². The van der Waals surface area contributed by atoms with Crippen molar-refractivity contribution in [1.82, 2.24) is 10.2 Å². The van der Waals surface area contributed by atoms with E-state index in [4.69, 9.17) is 23.6 Å². The number of furan rings is 1. The summed E-state index contributed by atoms with van der Waals surface area (Å²) in [5.41, 5.74) is 1.75. The molecule has 9 nitrogen and oxygen atoms in total. The molecule has 0 bridgehead atoms. The van der Waals surface area contributed by atoms with E-state index in [0.717, 1.165) is 5.56 Å². The Morgan fingerprint density at radius 3 is 2.57 bits per heavy atom. The molecular formula is C27H31N3O6S. The Morgan fingerprint density at radius 1 is 1.16 bits per heavy atom. The third-order valence-corrected chi connectivity index (χ3v) is 6.61. The molecule has 196 valence electrons. The lowest BCUT2D eigenvalue weighted by molar-refractivity contribution is -0.150. The average molecular weight is 526 g/mol. The second kappa shape index (κ2) is 10.8. The van der Waals surface area contributed by atoms with Gasteiger partial charge in [-0.3, -0.25) is 4.79 Å². The van der Waals surface area contributed by atoms with E-state index in [1.165, 1.54) is 11.8 Å². The maximum atomic E-state index is 13.5. The van der Waals surface area contributed by atoms with Gasteiger partial charge in [-0.1, -0.05) is 17.8 Å². The number of hydrogen-bond donors (Lipinski definition) is 1. The average Bonchev–Trinajstić information content (AvgIpc) is 3.50. The summed E-state index contributed by atoms with van der Waals surface area (Å²) in [6.45, 7) is 7.55. The molecule has 0 radical (unpaired) electrons. The van der Waals surface area contributed by atoms with Gasteiger partial charge in [-0.2, -0.15) is 0 Å². The van der Waals surface area contributed by atoms with Crippen molar-refractivity contribution in [2.75, 3.05) is 14.2 Å². The number of fused-ring (bicyclic) bond motifs is 1. The first-order valence-electron chi connectivity index (χ1n) is 11.8. The zero-order valence-electron chi connectivity index (χ0n) is 21.8. The van der Waals surface area contributed by atoms with E-state index in [-0.39, 0.29) is 18.9 Å². The minimum Gasteiger partial charge on any atom is -0.493 e. The number of esters is 1. The highest BCUT2D eigenvalue weighted by molar-refractivity contribution is 8.16. The van der Waals surface area contributed by atoms with E-state index in [2.05, 4.69) is 5.32 Å². The summed E-state index contributed by atoms with van der Waals surface area (Å²) in [6, 6.07) is 8.50. The molecule has 4 rings (SSSR count). The molecule has 1 aromatic heterocycles. The molecule has 0 saturated carbocycles. The number of ether oxygens (including phenoxy) is 3. The van der Waals surface area contributed by atoms with Gasteiger partial charge in [0.2, 0.25) is 5.91 Å². The Hall–Kier alpha value is -3.66. The summed E-state index contributed by atoms with van der Waals surface area (Å²) >= 11 is 1.41. The fourth-order valence-electron chi connectivity index (χ4n) is 4.13. The number of hydrogen-bond acceptors (Lipinski definition) is 9. The normalized spacial score (nSPS) is 17.1. The van der Waals surface area contributed by atoms with E-state index in [9.17, 15) is 9.59 Å². The number of benzene rings is 1. The van der Waals surface area contributed by atoms with Crippen molar-refractivity contribution in [3.63, 3.8) is 0 Å². The number of allylic oxidation sites excluding steroid dienone is 1. The number of aliphatic imine (C=N–C) groups is 1. The van der Waals surface area contributed by atoms with Gasteiger partial charge in [-0.05, 0) is 62.9 Å². The molecule has 1 amide bonds. The van der Waals surface area contributed by atoms with Crippen LogP contribution < -0.4 is 14.8 Å². The summed E-state index contributed by atoms with van der Waals surface area (Å²) in [4.78, 5) is 33.0. The van der Waals surface area contributed by atoms with Crippen LogP contribution in [-0.2, 0) is 20.9 Å². The highest BCUT2D eigenvalue weighted by Gasteiger charge is 2.42. The summed E-state index contributed by atoms with van der Waals surface area (Å²) in [5.74, 6) is 1.11. The number of thioether (sulfide) groups is 1. The molecule has 0 saturated heterocycles. The van der Waals surface area contributed by atoms with Gasteiger partial charge in [-0.15, -0.1) is 0 Å². The predicted octanol–water partition coefficient (Wildman–Crippen LogP) is 4.92. The third-order valence-electron chi connectivity index (χ3n) is 5.72. The zero-order valence-corrected chi connectivity index (χ0v) is 22.6. The highest BCUT2D eigenvalue weighted by Crippen LogP contribution is 2.46. The predicted molar refractivity (Wildman–Crippen MR) is 141 cm³/mol. The molecule has 1 N–H and O–H groups in total. The van der Waals surface area contributed by atoms with Crippen molar-refractivity contribution in [3.05, 3.63) is 70.3 Å². The van der Waals surface area contributed by atoms with Crippen LogP contribution in [0, 0.1) is 0 Å². The van der Waals surface area contributed by atoms with Crippen LogP contribution in [0.5, 0.6) is 11.5 Å².